The summed E-state index contributed by atoms with van der Waals surface area (Å²) in [5.74, 6) is 3.52. The summed E-state index contributed by atoms with van der Waals surface area (Å²) in [6.45, 7) is 5.46. The van der Waals surface area contributed by atoms with Gasteiger partial charge in [-0.25, -0.2) is 0 Å². The van der Waals surface area contributed by atoms with Crippen LogP contribution in [0.15, 0.2) is 27.4 Å². The molecule has 9 heteroatoms. The van der Waals surface area contributed by atoms with Gasteiger partial charge in [-0.15, -0.1) is 10.2 Å². The van der Waals surface area contributed by atoms with Crippen molar-refractivity contribution in [3.05, 3.63) is 46.0 Å². The first-order valence-electron chi connectivity index (χ1n) is 10.2. The number of carbonyl (C=O) groups excluding carboxylic acids is 1. The Hall–Kier alpha value is -2.13. The van der Waals surface area contributed by atoms with Crippen LogP contribution >= 0.6 is 11.8 Å². The highest BCUT2D eigenvalue weighted by Crippen LogP contribution is 2.42. The van der Waals surface area contributed by atoms with Crippen molar-refractivity contribution in [2.75, 3.05) is 37.7 Å². The number of hydrogen-bond acceptors (Lipinski definition) is 7. The predicted molar refractivity (Wildman–Crippen MR) is 109 cm³/mol. The summed E-state index contributed by atoms with van der Waals surface area (Å²) in [4.78, 5) is 30.6. The molecule has 8 nitrogen and oxygen atoms in total. The first-order chi connectivity index (χ1) is 14.1. The third kappa shape index (κ3) is 3.50. The molecule has 5 heterocycles. The predicted octanol–water partition coefficient (Wildman–Crippen LogP) is 1.28. The average molecular weight is 416 g/mol. The molecule has 29 heavy (non-hydrogen) atoms. The van der Waals surface area contributed by atoms with Crippen LogP contribution in [-0.4, -0.2) is 68.2 Å². The fourth-order valence-electron chi connectivity index (χ4n) is 5.04. The molecule has 0 saturated carbocycles. The Balaban J connectivity index is 1.48. The minimum atomic E-state index is -0.426. The maximum atomic E-state index is 13.5. The zero-order valence-corrected chi connectivity index (χ0v) is 17.3. The summed E-state index contributed by atoms with van der Waals surface area (Å²) in [5, 5.41) is 8.05. The van der Waals surface area contributed by atoms with Crippen molar-refractivity contribution >= 4 is 17.7 Å². The topological polar surface area (TPSA) is 84.5 Å². The summed E-state index contributed by atoms with van der Waals surface area (Å²) < 4.78 is 7.36. The van der Waals surface area contributed by atoms with E-state index in [9.17, 15) is 9.59 Å². The SMILES string of the molecule is Cc1nnc(CN2C[C@H]3C[C@@H](C2)[C@H](C(=O)N2CCSCC2)n2c3cccc2=O)o1. The van der Waals surface area contributed by atoms with Crippen LogP contribution < -0.4 is 5.56 Å². The van der Waals surface area contributed by atoms with E-state index >= 15 is 0 Å². The Labute approximate surface area is 173 Å². The molecule has 2 fully saturated rings. The Kier molecular flexibility index (Phi) is 4.95. The van der Waals surface area contributed by atoms with Crippen molar-refractivity contribution in [1.29, 1.82) is 0 Å². The molecule has 0 radical (unpaired) electrons. The molecule has 2 bridgehead atoms. The highest BCUT2D eigenvalue weighted by atomic mass is 32.2. The average Bonchev–Trinajstić information content (AvgIpc) is 3.13. The fourth-order valence-corrected chi connectivity index (χ4v) is 5.94. The van der Waals surface area contributed by atoms with Crippen LogP contribution in [0.3, 0.4) is 0 Å². The minimum Gasteiger partial charge on any atom is -0.424 e. The molecule has 5 rings (SSSR count). The number of likely N-dealkylation sites (tertiary alicyclic amines) is 1. The molecule has 154 valence electrons. The van der Waals surface area contributed by atoms with Gasteiger partial charge in [-0.1, -0.05) is 6.07 Å². The van der Waals surface area contributed by atoms with Crippen LogP contribution in [0.4, 0.5) is 0 Å². The van der Waals surface area contributed by atoms with E-state index in [2.05, 4.69) is 15.1 Å². The number of pyridine rings is 1. The minimum absolute atomic E-state index is 0.0667. The van der Waals surface area contributed by atoms with Crippen molar-refractivity contribution in [2.24, 2.45) is 5.92 Å². The van der Waals surface area contributed by atoms with Crippen LogP contribution in [0.1, 0.15) is 35.9 Å². The fraction of sp³-hybridized carbons (Fsp3) is 0.600. The molecule has 0 N–H and O–H groups in total. The Bertz CT molecular complexity index is 967. The summed E-state index contributed by atoms with van der Waals surface area (Å²) in [7, 11) is 0. The van der Waals surface area contributed by atoms with E-state index in [-0.39, 0.29) is 23.3 Å². The van der Waals surface area contributed by atoms with Crippen molar-refractivity contribution in [2.45, 2.75) is 31.8 Å². The number of fused-ring (bicyclic) bond motifs is 4. The van der Waals surface area contributed by atoms with Gasteiger partial charge in [-0.2, -0.15) is 11.8 Å². The highest BCUT2D eigenvalue weighted by molar-refractivity contribution is 7.99. The first kappa shape index (κ1) is 18.9. The Morgan fingerprint density at radius 1 is 1.24 bits per heavy atom. The molecular formula is C20H25N5O3S. The standard InChI is InChI=1S/C20H25N5O3S/c1-13-21-22-17(28-13)12-23-10-14-9-15(11-23)19(20(27)24-5-7-29-8-6-24)25-16(14)3-2-4-18(25)26/h2-4,14-15,19H,5-12H2,1H3/t14-,15+,19-/m1/s1. The number of aryl methyl sites for hydroxylation is 1. The van der Waals surface area contributed by atoms with Crippen LogP contribution in [0, 0.1) is 12.8 Å². The second-order valence-electron chi connectivity index (χ2n) is 8.14. The van der Waals surface area contributed by atoms with Gasteiger partial charge < -0.3 is 9.32 Å². The number of nitrogens with zero attached hydrogens (tertiary/aromatic N) is 5. The number of aromatic nitrogens is 3. The lowest BCUT2D eigenvalue weighted by Gasteiger charge is -2.47. The van der Waals surface area contributed by atoms with Crippen molar-refractivity contribution < 1.29 is 9.21 Å². The number of hydrogen-bond donors (Lipinski definition) is 0. The van der Waals surface area contributed by atoms with Crippen LogP contribution in [0.25, 0.3) is 0 Å². The van der Waals surface area contributed by atoms with Gasteiger partial charge in [0.1, 0.15) is 6.04 Å². The van der Waals surface area contributed by atoms with Gasteiger partial charge in [0.2, 0.25) is 17.7 Å². The summed E-state index contributed by atoms with van der Waals surface area (Å²) in [6.07, 6.45) is 0.932. The number of rotatable bonds is 3. The van der Waals surface area contributed by atoms with Gasteiger partial charge in [0, 0.05) is 68.2 Å². The number of carbonyl (C=O) groups is 1. The first-order valence-corrected chi connectivity index (χ1v) is 11.3. The van der Waals surface area contributed by atoms with Gasteiger partial charge in [0.25, 0.3) is 5.56 Å². The number of amides is 1. The third-order valence-electron chi connectivity index (χ3n) is 6.23. The smallest absolute Gasteiger partial charge is 0.251 e. The molecule has 3 aliphatic rings. The largest absolute Gasteiger partial charge is 0.424 e. The van der Waals surface area contributed by atoms with Gasteiger partial charge in [-0.05, 0) is 12.5 Å². The highest BCUT2D eigenvalue weighted by Gasteiger charge is 2.45. The zero-order chi connectivity index (χ0) is 20.0. The summed E-state index contributed by atoms with van der Waals surface area (Å²) >= 11 is 1.88. The molecule has 0 aromatic carbocycles. The Morgan fingerprint density at radius 2 is 2.07 bits per heavy atom. The molecule has 0 aliphatic carbocycles. The summed E-state index contributed by atoms with van der Waals surface area (Å²) in [6, 6.07) is 4.98. The van der Waals surface area contributed by atoms with E-state index in [0.29, 0.717) is 18.3 Å². The van der Waals surface area contributed by atoms with E-state index in [0.717, 1.165) is 49.8 Å². The maximum absolute atomic E-state index is 13.5. The molecule has 1 amide bonds. The van der Waals surface area contributed by atoms with E-state index in [1.54, 1.807) is 17.6 Å². The maximum Gasteiger partial charge on any atom is 0.251 e. The van der Waals surface area contributed by atoms with Crippen molar-refractivity contribution in [3.8, 4) is 0 Å². The molecule has 0 spiro atoms. The van der Waals surface area contributed by atoms with Gasteiger partial charge in [0.15, 0.2) is 0 Å². The second-order valence-corrected chi connectivity index (χ2v) is 9.37. The number of piperidine rings is 1. The van der Waals surface area contributed by atoms with E-state index in [4.69, 9.17) is 4.42 Å². The van der Waals surface area contributed by atoms with E-state index < -0.39 is 6.04 Å². The number of thioether (sulfide) groups is 1. The van der Waals surface area contributed by atoms with Gasteiger partial charge >= 0.3 is 0 Å². The van der Waals surface area contributed by atoms with Crippen LogP contribution in [-0.2, 0) is 11.3 Å². The van der Waals surface area contributed by atoms with E-state index in [1.165, 1.54) is 0 Å². The lowest BCUT2D eigenvalue weighted by Crippen LogP contribution is -2.54. The van der Waals surface area contributed by atoms with Crippen LogP contribution in [0.5, 0.6) is 0 Å². The second kappa shape index (κ2) is 7.60. The normalized spacial score (nSPS) is 26.9. The lowest BCUT2D eigenvalue weighted by atomic mass is 9.78. The molecule has 3 aliphatic heterocycles. The van der Waals surface area contributed by atoms with Crippen LogP contribution in [0.2, 0.25) is 0 Å². The Morgan fingerprint density at radius 3 is 2.83 bits per heavy atom. The molecule has 0 unspecified atom stereocenters. The van der Waals surface area contributed by atoms with Crippen molar-refractivity contribution in [1.82, 2.24) is 24.6 Å². The lowest BCUT2D eigenvalue weighted by molar-refractivity contribution is -0.138. The molecule has 2 saturated heterocycles. The third-order valence-corrected chi connectivity index (χ3v) is 7.17. The monoisotopic (exact) mass is 415 g/mol. The van der Waals surface area contributed by atoms with Gasteiger partial charge in [-0.3, -0.25) is 19.1 Å². The molecule has 3 atom stereocenters. The molecule has 2 aromatic heterocycles. The molecular weight excluding hydrogens is 390 g/mol. The van der Waals surface area contributed by atoms with Gasteiger partial charge in [0.05, 0.1) is 6.54 Å². The quantitative estimate of drug-likeness (QED) is 0.746. The zero-order valence-electron chi connectivity index (χ0n) is 16.5. The van der Waals surface area contributed by atoms with E-state index in [1.807, 2.05) is 28.8 Å². The molecule has 2 aromatic rings. The van der Waals surface area contributed by atoms with Crippen molar-refractivity contribution in [3.63, 3.8) is 0 Å². The summed E-state index contributed by atoms with van der Waals surface area (Å²) in [5.41, 5.74) is 0.910.